The van der Waals surface area contributed by atoms with E-state index in [2.05, 4.69) is 5.32 Å². The highest BCUT2D eigenvalue weighted by molar-refractivity contribution is 8.26. The summed E-state index contributed by atoms with van der Waals surface area (Å²) < 4.78 is 10.7. The van der Waals surface area contributed by atoms with E-state index >= 15 is 0 Å². The fourth-order valence-corrected chi connectivity index (χ4v) is 4.44. The van der Waals surface area contributed by atoms with Crippen LogP contribution in [0, 0.1) is 0 Å². The molecule has 1 fully saturated rings. The molecule has 1 heterocycles. The van der Waals surface area contributed by atoms with Crippen molar-refractivity contribution in [2.45, 2.75) is 19.8 Å². The van der Waals surface area contributed by atoms with Crippen LogP contribution in [0.15, 0.2) is 53.4 Å². The largest absolute Gasteiger partial charge is 0.496 e. The first-order valence-electron chi connectivity index (χ1n) is 10.4. The van der Waals surface area contributed by atoms with E-state index < -0.39 is 5.97 Å². The summed E-state index contributed by atoms with van der Waals surface area (Å²) in [6.45, 7) is 2.39. The van der Waals surface area contributed by atoms with Gasteiger partial charge in [-0.25, -0.2) is 4.79 Å². The Kier molecular flexibility index (Phi) is 8.62. The fourth-order valence-electron chi connectivity index (χ4n) is 3.14. The van der Waals surface area contributed by atoms with Gasteiger partial charge in [-0.1, -0.05) is 42.2 Å². The average Bonchev–Trinajstić information content (AvgIpc) is 3.07. The Balaban J connectivity index is 1.51. The van der Waals surface area contributed by atoms with Crippen molar-refractivity contribution in [1.82, 2.24) is 4.90 Å². The van der Waals surface area contributed by atoms with Crippen LogP contribution in [-0.4, -0.2) is 47.3 Å². The highest BCUT2D eigenvalue weighted by Crippen LogP contribution is 2.34. The lowest BCUT2D eigenvalue weighted by Crippen LogP contribution is -2.29. The van der Waals surface area contributed by atoms with Crippen LogP contribution in [0.5, 0.6) is 5.75 Å². The third-order valence-electron chi connectivity index (χ3n) is 4.76. The number of methoxy groups -OCH3 is 1. The molecule has 3 rings (SSSR count). The van der Waals surface area contributed by atoms with Gasteiger partial charge in [0.2, 0.25) is 5.91 Å². The molecular weight excluding hydrogens is 460 g/mol. The molecule has 0 spiro atoms. The summed E-state index contributed by atoms with van der Waals surface area (Å²) >= 11 is 6.60. The number of ether oxygens (including phenoxy) is 2. The van der Waals surface area contributed by atoms with Crippen molar-refractivity contribution in [2.75, 3.05) is 25.6 Å². The fraction of sp³-hybridized carbons (Fsp3) is 0.250. The minimum atomic E-state index is -0.404. The Morgan fingerprint density at radius 3 is 2.58 bits per heavy atom. The Bertz CT molecular complexity index is 1080. The number of esters is 1. The van der Waals surface area contributed by atoms with Crippen LogP contribution in [0.25, 0.3) is 6.08 Å². The number of carbonyl (C=O) groups excluding carboxylic acids is 3. The van der Waals surface area contributed by atoms with E-state index in [1.54, 1.807) is 44.4 Å². The number of carbonyl (C=O) groups is 3. The molecule has 0 aliphatic carbocycles. The van der Waals surface area contributed by atoms with Crippen LogP contribution < -0.4 is 10.1 Å². The summed E-state index contributed by atoms with van der Waals surface area (Å²) in [5, 5.41) is 2.78. The van der Waals surface area contributed by atoms with Crippen molar-refractivity contribution < 1.29 is 23.9 Å². The van der Waals surface area contributed by atoms with E-state index in [1.807, 2.05) is 24.3 Å². The zero-order chi connectivity index (χ0) is 23.8. The van der Waals surface area contributed by atoms with Crippen LogP contribution in [0.4, 0.5) is 5.69 Å². The maximum Gasteiger partial charge on any atom is 0.338 e. The van der Waals surface area contributed by atoms with Crippen LogP contribution in [0.3, 0.4) is 0 Å². The quantitative estimate of drug-likeness (QED) is 0.319. The summed E-state index contributed by atoms with van der Waals surface area (Å²) in [5.74, 6) is -0.0897. The zero-order valence-corrected chi connectivity index (χ0v) is 20.0. The van der Waals surface area contributed by atoms with Crippen LogP contribution in [0.1, 0.15) is 35.7 Å². The molecule has 0 atom stereocenters. The highest BCUT2D eigenvalue weighted by Gasteiger charge is 2.31. The summed E-state index contributed by atoms with van der Waals surface area (Å²) in [6, 6.07) is 13.9. The maximum atomic E-state index is 12.8. The molecule has 1 aliphatic rings. The lowest BCUT2D eigenvalue weighted by atomic mass is 10.2. The third-order valence-corrected chi connectivity index (χ3v) is 6.14. The number of rotatable bonds is 9. The summed E-state index contributed by atoms with van der Waals surface area (Å²) in [4.78, 5) is 38.8. The molecule has 1 saturated heterocycles. The molecule has 2 amide bonds. The molecule has 0 saturated carbocycles. The smallest absolute Gasteiger partial charge is 0.338 e. The number of nitrogens with zero attached hydrogens (tertiary/aromatic N) is 1. The van der Waals surface area contributed by atoms with Crippen molar-refractivity contribution in [2.24, 2.45) is 0 Å². The minimum Gasteiger partial charge on any atom is -0.496 e. The lowest BCUT2D eigenvalue weighted by molar-refractivity contribution is -0.122. The SMILES string of the molecule is CCOC(=O)c1ccc(NC(=O)CCCN2C(=O)/C(=C/c3ccccc3OC)SC2=S)cc1. The molecule has 0 bridgehead atoms. The predicted molar refractivity (Wildman–Crippen MR) is 133 cm³/mol. The molecule has 9 heteroatoms. The molecule has 2 aromatic carbocycles. The van der Waals surface area contributed by atoms with E-state index in [0.29, 0.717) is 45.8 Å². The highest BCUT2D eigenvalue weighted by atomic mass is 32.2. The van der Waals surface area contributed by atoms with E-state index in [1.165, 1.54) is 16.7 Å². The number of nitrogens with one attached hydrogen (secondary N) is 1. The average molecular weight is 485 g/mol. The predicted octanol–water partition coefficient (Wildman–Crippen LogP) is 4.49. The number of benzene rings is 2. The van der Waals surface area contributed by atoms with Gasteiger partial charge in [0.05, 0.1) is 24.2 Å². The van der Waals surface area contributed by atoms with E-state index in [4.69, 9.17) is 21.7 Å². The number of hydrogen-bond acceptors (Lipinski definition) is 7. The summed E-state index contributed by atoms with van der Waals surface area (Å²) in [6.07, 6.45) is 2.45. The van der Waals surface area contributed by atoms with Crippen molar-refractivity contribution in [3.05, 3.63) is 64.6 Å². The van der Waals surface area contributed by atoms with Gasteiger partial charge < -0.3 is 14.8 Å². The summed E-state index contributed by atoms with van der Waals surface area (Å²) in [7, 11) is 1.58. The van der Waals surface area contributed by atoms with Gasteiger partial charge in [0, 0.05) is 24.2 Å². The van der Waals surface area contributed by atoms with Crippen LogP contribution in [-0.2, 0) is 14.3 Å². The Morgan fingerprint density at radius 1 is 1.15 bits per heavy atom. The molecule has 0 radical (unpaired) electrons. The monoisotopic (exact) mass is 484 g/mol. The zero-order valence-electron chi connectivity index (χ0n) is 18.3. The van der Waals surface area contributed by atoms with Crippen molar-refractivity contribution in [1.29, 1.82) is 0 Å². The summed E-state index contributed by atoms with van der Waals surface area (Å²) in [5.41, 5.74) is 1.80. The number of para-hydroxylation sites is 1. The van der Waals surface area contributed by atoms with Crippen LogP contribution in [0.2, 0.25) is 0 Å². The topological polar surface area (TPSA) is 84.9 Å². The van der Waals surface area contributed by atoms with Gasteiger partial charge in [-0.15, -0.1) is 0 Å². The molecule has 172 valence electrons. The second-order valence-corrected chi connectivity index (χ2v) is 8.70. The van der Waals surface area contributed by atoms with E-state index in [-0.39, 0.29) is 18.2 Å². The first kappa shape index (κ1) is 24.5. The van der Waals surface area contributed by atoms with Crippen molar-refractivity contribution in [3.8, 4) is 5.75 Å². The molecule has 1 N–H and O–H groups in total. The van der Waals surface area contributed by atoms with Gasteiger partial charge in [0.15, 0.2) is 0 Å². The molecule has 1 aliphatic heterocycles. The minimum absolute atomic E-state index is 0.175. The number of anilines is 1. The number of amides is 2. The normalized spacial score (nSPS) is 14.5. The second kappa shape index (κ2) is 11.6. The lowest BCUT2D eigenvalue weighted by Gasteiger charge is -2.14. The molecule has 0 unspecified atom stereocenters. The number of hydrogen-bond donors (Lipinski definition) is 1. The van der Waals surface area contributed by atoms with Crippen molar-refractivity contribution >= 4 is 57.8 Å². The first-order chi connectivity index (χ1) is 15.9. The van der Waals surface area contributed by atoms with Gasteiger partial charge in [-0.2, -0.15) is 0 Å². The molecule has 7 nitrogen and oxygen atoms in total. The molecule has 2 aromatic rings. The Hall–Kier alpha value is -3.17. The maximum absolute atomic E-state index is 12.8. The standard InChI is InChI=1S/C24H24N2O5S2/c1-3-31-23(29)16-10-12-18(13-11-16)25-21(27)9-6-14-26-22(28)20(33-24(26)32)15-17-7-4-5-8-19(17)30-2/h4-5,7-8,10-13,15H,3,6,9,14H2,1-2H3,(H,25,27)/b20-15-. The van der Waals surface area contributed by atoms with Gasteiger partial charge in [-0.05, 0) is 49.8 Å². The number of thioether (sulfide) groups is 1. The molecule has 33 heavy (non-hydrogen) atoms. The second-order valence-electron chi connectivity index (χ2n) is 7.02. The van der Waals surface area contributed by atoms with E-state index in [0.717, 1.165) is 5.56 Å². The first-order valence-corrected chi connectivity index (χ1v) is 11.6. The third kappa shape index (κ3) is 6.43. The van der Waals surface area contributed by atoms with Gasteiger partial charge in [-0.3, -0.25) is 14.5 Å². The van der Waals surface area contributed by atoms with Gasteiger partial charge >= 0.3 is 5.97 Å². The van der Waals surface area contributed by atoms with Crippen LogP contribution >= 0.6 is 24.0 Å². The Labute approximate surface area is 202 Å². The number of thiocarbonyl (C=S) groups is 1. The van der Waals surface area contributed by atoms with E-state index in [9.17, 15) is 14.4 Å². The van der Waals surface area contributed by atoms with Crippen molar-refractivity contribution in [3.63, 3.8) is 0 Å². The molecule has 0 aromatic heterocycles. The van der Waals surface area contributed by atoms with Gasteiger partial charge in [0.25, 0.3) is 5.91 Å². The Morgan fingerprint density at radius 2 is 1.88 bits per heavy atom. The van der Waals surface area contributed by atoms with Gasteiger partial charge in [0.1, 0.15) is 10.1 Å². The molecular formula is C24H24N2O5S2.